The number of hydrogen-bond donors (Lipinski definition) is 3. The number of carbonyl (C=O) groups is 3. The summed E-state index contributed by atoms with van der Waals surface area (Å²) in [4.78, 5) is 34.1. The fraction of sp³-hybridized carbons (Fsp3) is 0.769. The van der Waals surface area contributed by atoms with E-state index in [1.165, 1.54) is 6.42 Å². The first-order valence-electron chi connectivity index (χ1n) is 6.97. The first kappa shape index (κ1) is 13.8. The zero-order chi connectivity index (χ0) is 13.8. The van der Waals surface area contributed by atoms with E-state index < -0.39 is 12.1 Å². The molecule has 2 fully saturated rings. The average molecular weight is 267 g/mol. The van der Waals surface area contributed by atoms with E-state index in [9.17, 15) is 14.4 Å². The molecule has 3 atom stereocenters. The average Bonchev–Trinajstić information content (AvgIpc) is 2.68. The van der Waals surface area contributed by atoms with Gasteiger partial charge in [0.05, 0.1) is 0 Å². The standard InChI is InChI=1S/C13H21N3O3/c1-8-4-2-3-5-9(8)14-11(17)7-6-10-12(18)16-13(19)15-10/h8-10H,2-7H2,1H3,(H,14,17)(H2,15,16,18,19)/t8-,9-,10+/m1/s1. The highest BCUT2D eigenvalue weighted by Gasteiger charge is 2.30. The van der Waals surface area contributed by atoms with Crippen molar-refractivity contribution in [2.24, 2.45) is 5.92 Å². The summed E-state index contributed by atoms with van der Waals surface area (Å²) in [5, 5.41) is 7.69. The van der Waals surface area contributed by atoms with E-state index >= 15 is 0 Å². The van der Waals surface area contributed by atoms with Gasteiger partial charge in [-0.1, -0.05) is 19.8 Å². The van der Waals surface area contributed by atoms with Gasteiger partial charge in [-0.3, -0.25) is 14.9 Å². The molecule has 106 valence electrons. The Balaban J connectivity index is 1.72. The number of carbonyl (C=O) groups excluding carboxylic acids is 3. The summed E-state index contributed by atoms with van der Waals surface area (Å²) >= 11 is 0. The molecule has 0 aromatic heterocycles. The number of imide groups is 1. The lowest BCUT2D eigenvalue weighted by molar-refractivity contribution is -0.123. The third-order valence-corrected chi connectivity index (χ3v) is 3.98. The van der Waals surface area contributed by atoms with Gasteiger partial charge in [-0.15, -0.1) is 0 Å². The second kappa shape index (κ2) is 6.04. The van der Waals surface area contributed by atoms with Gasteiger partial charge >= 0.3 is 6.03 Å². The van der Waals surface area contributed by atoms with Crippen molar-refractivity contribution in [1.82, 2.24) is 16.0 Å². The Kier molecular flexibility index (Phi) is 4.39. The van der Waals surface area contributed by atoms with Crippen LogP contribution in [0.1, 0.15) is 45.4 Å². The predicted molar refractivity (Wildman–Crippen MR) is 69.3 cm³/mol. The van der Waals surface area contributed by atoms with Gasteiger partial charge in [0.2, 0.25) is 5.91 Å². The molecule has 1 saturated heterocycles. The maximum atomic E-state index is 11.8. The van der Waals surface area contributed by atoms with Gasteiger partial charge < -0.3 is 10.6 Å². The zero-order valence-corrected chi connectivity index (χ0v) is 11.2. The fourth-order valence-corrected chi connectivity index (χ4v) is 2.75. The number of rotatable bonds is 4. The van der Waals surface area contributed by atoms with Crippen LogP contribution in [-0.4, -0.2) is 29.9 Å². The molecule has 2 rings (SSSR count). The molecule has 0 bridgehead atoms. The molecule has 3 N–H and O–H groups in total. The number of hydrogen-bond acceptors (Lipinski definition) is 3. The van der Waals surface area contributed by atoms with Crippen molar-refractivity contribution in [2.45, 2.75) is 57.5 Å². The van der Waals surface area contributed by atoms with E-state index in [-0.39, 0.29) is 24.3 Å². The summed E-state index contributed by atoms with van der Waals surface area (Å²) < 4.78 is 0. The van der Waals surface area contributed by atoms with Crippen molar-refractivity contribution in [3.05, 3.63) is 0 Å². The first-order valence-corrected chi connectivity index (χ1v) is 6.97. The van der Waals surface area contributed by atoms with Crippen molar-refractivity contribution in [3.63, 3.8) is 0 Å². The highest BCUT2D eigenvalue weighted by molar-refractivity contribution is 6.04. The Morgan fingerprint density at radius 2 is 2.05 bits per heavy atom. The van der Waals surface area contributed by atoms with Crippen molar-refractivity contribution >= 4 is 17.8 Å². The van der Waals surface area contributed by atoms with Crippen LogP contribution in [0, 0.1) is 5.92 Å². The molecule has 6 heteroatoms. The maximum absolute atomic E-state index is 11.8. The molecular weight excluding hydrogens is 246 g/mol. The minimum atomic E-state index is -0.568. The van der Waals surface area contributed by atoms with Crippen molar-refractivity contribution < 1.29 is 14.4 Å². The van der Waals surface area contributed by atoms with E-state index in [0.29, 0.717) is 12.3 Å². The van der Waals surface area contributed by atoms with E-state index in [4.69, 9.17) is 0 Å². The minimum absolute atomic E-state index is 0.0345. The second-order valence-electron chi connectivity index (χ2n) is 5.49. The molecule has 0 spiro atoms. The largest absolute Gasteiger partial charge is 0.353 e. The molecule has 2 aliphatic rings. The smallest absolute Gasteiger partial charge is 0.322 e. The zero-order valence-electron chi connectivity index (χ0n) is 11.2. The molecule has 1 aliphatic heterocycles. The minimum Gasteiger partial charge on any atom is -0.353 e. The van der Waals surface area contributed by atoms with Gasteiger partial charge in [-0.05, 0) is 25.2 Å². The maximum Gasteiger partial charge on any atom is 0.322 e. The molecule has 4 amide bonds. The van der Waals surface area contributed by atoms with Crippen LogP contribution >= 0.6 is 0 Å². The lowest BCUT2D eigenvalue weighted by Gasteiger charge is -2.29. The molecule has 1 heterocycles. The number of amides is 4. The monoisotopic (exact) mass is 267 g/mol. The normalized spacial score (nSPS) is 30.7. The summed E-state index contributed by atoms with van der Waals surface area (Å²) in [6, 6.07) is -0.786. The number of urea groups is 1. The molecule has 1 aliphatic carbocycles. The molecule has 0 radical (unpaired) electrons. The summed E-state index contributed by atoms with van der Waals surface area (Å²) in [5.41, 5.74) is 0. The third-order valence-electron chi connectivity index (χ3n) is 3.98. The van der Waals surface area contributed by atoms with Crippen LogP contribution in [0.3, 0.4) is 0 Å². The van der Waals surface area contributed by atoms with E-state index in [1.807, 2.05) is 0 Å². The molecule has 0 aromatic carbocycles. The van der Waals surface area contributed by atoms with Crippen LogP contribution in [-0.2, 0) is 9.59 Å². The Bertz CT molecular complexity index is 383. The van der Waals surface area contributed by atoms with Crippen LogP contribution < -0.4 is 16.0 Å². The topological polar surface area (TPSA) is 87.3 Å². The van der Waals surface area contributed by atoms with Gasteiger partial charge in [0, 0.05) is 12.5 Å². The van der Waals surface area contributed by atoms with Crippen LogP contribution in [0.4, 0.5) is 4.79 Å². The molecule has 0 aromatic rings. The van der Waals surface area contributed by atoms with Crippen molar-refractivity contribution in [3.8, 4) is 0 Å². The lowest BCUT2D eigenvalue weighted by Crippen LogP contribution is -2.41. The Labute approximate surface area is 112 Å². The van der Waals surface area contributed by atoms with Gasteiger partial charge in [0.1, 0.15) is 6.04 Å². The molecular formula is C13H21N3O3. The van der Waals surface area contributed by atoms with Crippen LogP contribution in [0.25, 0.3) is 0 Å². The van der Waals surface area contributed by atoms with Crippen molar-refractivity contribution in [2.75, 3.05) is 0 Å². The van der Waals surface area contributed by atoms with Gasteiger partial charge in [-0.2, -0.15) is 0 Å². The third kappa shape index (κ3) is 3.68. The Hall–Kier alpha value is -1.59. The van der Waals surface area contributed by atoms with Gasteiger partial charge in [0.25, 0.3) is 5.91 Å². The van der Waals surface area contributed by atoms with Crippen molar-refractivity contribution in [1.29, 1.82) is 0 Å². The van der Waals surface area contributed by atoms with E-state index in [2.05, 4.69) is 22.9 Å². The molecule has 19 heavy (non-hydrogen) atoms. The summed E-state index contributed by atoms with van der Waals surface area (Å²) in [6.07, 6.45) is 5.21. The predicted octanol–water partition coefficient (Wildman–Crippen LogP) is 0.670. The van der Waals surface area contributed by atoms with Crippen LogP contribution in [0.5, 0.6) is 0 Å². The Morgan fingerprint density at radius 3 is 2.68 bits per heavy atom. The summed E-state index contributed by atoms with van der Waals surface area (Å²) in [7, 11) is 0. The van der Waals surface area contributed by atoms with Gasteiger partial charge in [-0.25, -0.2) is 4.79 Å². The highest BCUT2D eigenvalue weighted by Crippen LogP contribution is 2.23. The first-order chi connectivity index (χ1) is 9.06. The fourth-order valence-electron chi connectivity index (χ4n) is 2.75. The highest BCUT2D eigenvalue weighted by atomic mass is 16.2. The van der Waals surface area contributed by atoms with Crippen LogP contribution in [0.15, 0.2) is 0 Å². The lowest BCUT2D eigenvalue weighted by atomic mass is 9.86. The van der Waals surface area contributed by atoms with Crippen LogP contribution in [0.2, 0.25) is 0 Å². The molecule has 1 saturated carbocycles. The van der Waals surface area contributed by atoms with E-state index in [1.54, 1.807) is 0 Å². The van der Waals surface area contributed by atoms with Gasteiger partial charge in [0.15, 0.2) is 0 Å². The molecule has 0 unspecified atom stereocenters. The summed E-state index contributed by atoms with van der Waals surface area (Å²) in [5.74, 6) is 0.142. The van der Waals surface area contributed by atoms with E-state index in [0.717, 1.165) is 19.3 Å². The summed E-state index contributed by atoms with van der Waals surface area (Å²) in [6.45, 7) is 2.16. The Morgan fingerprint density at radius 1 is 1.32 bits per heavy atom. The molecule has 6 nitrogen and oxygen atoms in total. The number of nitrogens with one attached hydrogen (secondary N) is 3. The SMILES string of the molecule is C[C@@H]1CCCC[C@H]1NC(=O)CC[C@@H]1NC(=O)NC1=O. The quantitative estimate of drug-likeness (QED) is 0.654. The second-order valence-corrected chi connectivity index (χ2v) is 5.49.